The summed E-state index contributed by atoms with van der Waals surface area (Å²) in [5.41, 5.74) is 1.05. The molecule has 0 fully saturated rings. The summed E-state index contributed by atoms with van der Waals surface area (Å²) >= 11 is 1.73. The number of aromatic nitrogens is 4. The lowest BCUT2D eigenvalue weighted by Crippen LogP contribution is -2.37. The third kappa shape index (κ3) is 2.86. The third-order valence-electron chi connectivity index (χ3n) is 4.17. The molecule has 0 bridgehead atoms. The zero-order valence-corrected chi connectivity index (χ0v) is 14.7. The average molecular weight is 369 g/mol. The number of benzene rings is 1. The minimum atomic E-state index is -0.645. The third-order valence-corrected chi connectivity index (χ3v) is 5.14. The SMILES string of the molecule is Cn1c(=O)[nH]cc(C(=O)Nc2ccc(-c3cn4c(n3)SCC4)cc2)c1=O. The van der Waals surface area contributed by atoms with E-state index in [1.54, 1.807) is 23.9 Å². The number of imidazole rings is 1. The zero-order chi connectivity index (χ0) is 18.3. The molecular weight excluding hydrogens is 354 g/mol. The number of aromatic amines is 1. The maximum absolute atomic E-state index is 12.3. The molecule has 0 spiro atoms. The van der Waals surface area contributed by atoms with Crippen molar-refractivity contribution in [3.05, 3.63) is 63.1 Å². The Hall–Kier alpha value is -3.07. The Bertz CT molecular complexity index is 1090. The molecule has 2 aromatic heterocycles. The number of amides is 1. The van der Waals surface area contributed by atoms with E-state index in [1.165, 1.54) is 7.05 Å². The van der Waals surface area contributed by atoms with E-state index in [4.69, 9.17) is 0 Å². The van der Waals surface area contributed by atoms with Gasteiger partial charge in [-0.15, -0.1) is 0 Å². The van der Waals surface area contributed by atoms with Crippen molar-refractivity contribution in [2.45, 2.75) is 11.7 Å². The van der Waals surface area contributed by atoms with E-state index in [0.29, 0.717) is 5.69 Å². The van der Waals surface area contributed by atoms with Crippen LogP contribution in [0.4, 0.5) is 5.69 Å². The van der Waals surface area contributed by atoms with Crippen LogP contribution in [-0.2, 0) is 13.6 Å². The highest BCUT2D eigenvalue weighted by Crippen LogP contribution is 2.29. The minimum Gasteiger partial charge on any atom is -0.325 e. The summed E-state index contributed by atoms with van der Waals surface area (Å²) in [5.74, 6) is 0.476. The molecular formula is C17H15N5O3S. The lowest BCUT2D eigenvalue weighted by molar-refractivity contribution is 0.102. The predicted molar refractivity (Wildman–Crippen MR) is 98.6 cm³/mol. The van der Waals surface area contributed by atoms with Crippen molar-refractivity contribution in [1.29, 1.82) is 0 Å². The molecule has 0 saturated carbocycles. The van der Waals surface area contributed by atoms with Gasteiger partial charge in [-0.3, -0.25) is 14.2 Å². The monoisotopic (exact) mass is 369 g/mol. The number of nitrogens with zero attached hydrogens (tertiary/aromatic N) is 3. The summed E-state index contributed by atoms with van der Waals surface area (Å²) in [6.45, 7) is 0.968. The van der Waals surface area contributed by atoms with Gasteiger partial charge in [0.05, 0.1) is 5.69 Å². The maximum atomic E-state index is 12.3. The van der Waals surface area contributed by atoms with Crippen molar-refractivity contribution >= 4 is 23.4 Å². The quantitative estimate of drug-likeness (QED) is 0.724. The standard InChI is InChI=1S/C17H15N5O3S/c1-21-15(24)12(8-18-16(21)25)14(23)19-11-4-2-10(3-5-11)13-9-22-6-7-26-17(22)20-13/h2-5,8-9H,6-7H2,1H3,(H,18,25)(H,19,23). The van der Waals surface area contributed by atoms with Crippen molar-refractivity contribution in [1.82, 2.24) is 19.1 Å². The van der Waals surface area contributed by atoms with Crippen molar-refractivity contribution in [2.75, 3.05) is 11.1 Å². The summed E-state index contributed by atoms with van der Waals surface area (Å²) in [7, 11) is 1.31. The first-order chi connectivity index (χ1) is 12.5. The first-order valence-electron chi connectivity index (χ1n) is 7.93. The van der Waals surface area contributed by atoms with Gasteiger partial charge in [-0.05, 0) is 12.1 Å². The molecule has 3 aromatic rings. The Morgan fingerprint density at radius 3 is 2.77 bits per heavy atom. The van der Waals surface area contributed by atoms with Crippen molar-refractivity contribution < 1.29 is 4.79 Å². The number of carbonyl (C=O) groups excluding carboxylic acids is 1. The van der Waals surface area contributed by atoms with E-state index >= 15 is 0 Å². The van der Waals surface area contributed by atoms with E-state index in [9.17, 15) is 14.4 Å². The van der Waals surface area contributed by atoms with Crippen LogP contribution in [0.3, 0.4) is 0 Å². The van der Waals surface area contributed by atoms with Gasteiger partial charge in [0.1, 0.15) is 5.56 Å². The average Bonchev–Trinajstić information content (AvgIpc) is 3.22. The van der Waals surface area contributed by atoms with Gasteiger partial charge in [0, 0.05) is 43.0 Å². The molecule has 1 aromatic carbocycles. The fourth-order valence-corrected chi connectivity index (χ4v) is 3.64. The van der Waals surface area contributed by atoms with Gasteiger partial charge >= 0.3 is 5.69 Å². The van der Waals surface area contributed by atoms with Crippen molar-refractivity contribution in [3.63, 3.8) is 0 Å². The molecule has 4 rings (SSSR count). The van der Waals surface area contributed by atoms with E-state index < -0.39 is 17.2 Å². The number of carbonyl (C=O) groups is 1. The van der Waals surface area contributed by atoms with Crippen LogP contribution in [0.5, 0.6) is 0 Å². The number of fused-ring (bicyclic) bond motifs is 1. The first-order valence-corrected chi connectivity index (χ1v) is 8.92. The number of anilines is 1. The second-order valence-electron chi connectivity index (χ2n) is 5.85. The number of nitrogens with one attached hydrogen (secondary N) is 2. The highest BCUT2D eigenvalue weighted by Gasteiger charge is 2.16. The van der Waals surface area contributed by atoms with Gasteiger partial charge < -0.3 is 14.9 Å². The summed E-state index contributed by atoms with van der Waals surface area (Å²) in [5, 5.41) is 3.68. The number of aryl methyl sites for hydroxylation is 1. The second-order valence-corrected chi connectivity index (χ2v) is 6.92. The molecule has 0 radical (unpaired) electrons. The molecule has 0 atom stereocenters. The number of rotatable bonds is 3. The summed E-state index contributed by atoms with van der Waals surface area (Å²) in [6.07, 6.45) is 3.14. The molecule has 0 unspecified atom stereocenters. The molecule has 2 N–H and O–H groups in total. The van der Waals surface area contributed by atoms with Crippen LogP contribution in [0.2, 0.25) is 0 Å². The van der Waals surface area contributed by atoms with Gasteiger partial charge in [-0.2, -0.15) is 0 Å². The van der Waals surface area contributed by atoms with Crippen LogP contribution >= 0.6 is 11.8 Å². The van der Waals surface area contributed by atoms with Crippen LogP contribution in [0.15, 0.2) is 51.4 Å². The fraction of sp³-hybridized carbons (Fsp3) is 0.176. The second kappa shape index (κ2) is 6.34. The minimum absolute atomic E-state index is 0.126. The lowest BCUT2D eigenvalue weighted by Gasteiger charge is -2.06. The predicted octanol–water partition coefficient (Wildman–Crippen LogP) is 1.30. The topological polar surface area (TPSA) is 102 Å². The van der Waals surface area contributed by atoms with Crippen molar-refractivity contribution in [3.8, 4) is 11.3 Å². The Morgan fingerprint density at radius 2 is 2.04 bits per heavy atom. The molecule has 0 aliphatic carbocycles. The first kappa shape index (κ1) is 16.4. The Kier molecular flexibility index (Phi) is 4.00. The molecule has 9 heteroatoms. The van der Waals surface area contributed by atoms with E-state index in [-0.39, 0.29) is 5.56 Å². The van der Waals surface area contributed by atoms with Crippen LogP contribution < -0.4 is 16.6 Å². The molecule has 26 heavy (non-hydrogen) atoms. The summed E-state index contributed by atoms with van der Waals surface area (Å²) < 4.78 is 2.98. The smallest absolute Gasteiger partial charge is 0.325 e. The van der Waals surface area contributed by atoms with Gasteiger partial charge in [0.15, 0.2) is 5.16 Å². The van der Waals surface area contributed by atoms with Crippen LogP contribution in [0.1, 0.15) is 10.4 Å². The Balaban J connectivity index is 1.54. The summed E-state index contributed by atoms with van der Waals surface area (Å²) in [6, 6.07) is 7.23. The van der Waals surface area contributed by atoms with Gasteiger partial charge in [0.2, 0.25) is 0 Å². The Morgan fingerprint density at radius 1 is 1.27 bits per heavy atom. The number of hydrogen-bond acceptors (Lipinski definition) is 5. The fourth-order valence-electron chi connectivity index (χ4n) is 2.70. The maximum Gasteiger partial charge on any atom is 0.328 e. The molecule has 3 heterocycles. The Labute approximate surface area is 151 Å². The highest BCUT2D eigenvalue weighted by molar-refractivity contribution is 7.99. The van der Waals surface area contributed by atoms with Crippen LogP contribution in [0, 0.1) is 0 Å². The molecule has 0 saturated heterocycles. The summed E-state index contributed by atoms with van der Waals surface area (Å²) in [4.78, 5) is 42.6. The molecule has 132 valence electrons. The van der Waals surface area contributed by atoms with E-state index in [1.807, 2.05) is 18.3 Å². The van der Waals surface area contributed by atoms with Crippen LogP contribution in [0.25, 0.3) is 11.3 Å². The molecule has 8 nitrogen and oxygen atoms in total. The molecule has 1 amide bonds. The molecule has 1 aliphatic rings. The van der Waals surface area contributed by atoms with Gasteiger partial charge in [-0.25, -0.2) is 9.78 Å². The van der Waals surface area contributed by atoms with Gasteiger partial charge in [0.25, 0.3) is 11.5 Å². The largest absolute Gasteiger partial charge is 0.328 e. The normalized spacial score (nSPS) is 12.8. The van der Waals surface area contributed by atoms with Gasteiger partial charge in [-0.1, -0.05) is 23.9 Å². The van der Waals surface area contributed by atoms with Crippen molar-refractivity contribution in [2.24, 2.45) is 7.05 Å². The van der Waals surface area contributed by atoms with Crippen LogP contribution in [-0.4, -0.2) is 30.8 Å². The zero-order valence-electron chi connectivity index (χ0n) is 13.9. The number of thioether (sulfide) groups is 1. The highest BCUT2D eigenvalue weighted by atomic mass is 32.2. The van der Waals surface area contributed by atoms with E-state index in [0.717, 1.165) is 39.5 Å². The van der Waals surface area contributed by atoms with E-state index in [2.05, 4.69) is 19.9 Å². The number of hydrogen-bond donors (Lipinski definition) is 2. The number of H-pyrrole nitrogens is 1. The molecule has 1 aliphatic heterocycles. The lowest BCUT2D eigenvalue weighted by atomic mass is 10.1.